The molecule has 50 heavy (non-hydrogen) atoms. The van der Waals surface area contributed by atoms with E-state index < -0.39 is 0 Å². The fraction of sp³-hybridized carbons (Fsp3) is 0.364. The van der Waals surface area contributed by atoms with Crippen LogP contribution in [-0.2, 0) is 18.9 Å². The van der Waals surface area contributed by atoms with E-state index in [0.29, 0.717) is 39.6 Å². The van der Waals surface area contributed by atoms with Crippen LogP contribution in [0.15, 0.2) is 84.9 Å². The summed E-state index contributed by atoms with van der Waals surface area (Å²) in [5.41, 5.74) is 8.91. The normalized spacial score (nSPS) is 15.4. The van der Waals surface area contributed by atoms with Gasteiger partial charge in [0.25, 0.3) is 0 Å². The molecule has 0 bridgehead atoms. The summed E-state index contributed by atoms with van der Waals surface area (Å²) in [6, 6.07) is 28.5. The number of ether oxygens (including phenoxy) is 6. The van der Waals surface area contributed by atoms with E-state index in [0.717, 1.165) is 60.2 Å². The van der Waals surface area contributed by atoms with Crippen LogP contribution in [0.1, 0.15) is 47.2 Å². The van der Waals surface area contributed by atoms with E-state index in [9.17, 15) is 0 Å². The van der Waals surface area contributed by atoms with Crippen molar-refractivity contribution in [1.82, 2.24) is 0 Å². The molecule has 2 aliphatic rings. The van der Waals surface area contributed by atoms with Gasteiger partial charge in [-0.05, 0) is 109 Å². The smallest absolute Gasteiger partial charge is 0.119 e. The summed E-state index contributed by atoms with van der Waals surface area (Å²) >= 11 is 0. The van der Waals surface area contributed by atoms with Crippen molar-refractivity contribution >= 4 is 0 Å². The predicted octanol–water partition coefficient (Wildman–Crippen LogP) is 7.63. The van der Waals surface area contributed by atoms with E-state index in [1.165, 1.54) is 22.3 Å². The highest BCUT2D eigenvalue weighted by molar-refractivity contribution is 5.72. The highest BCUT2D eigenvalue weighted by Gasteiger charge is 2.34. The molecule has 6 heteroatoms. The molecule has 258 valence electrons. The van der Waals surface area contributed by atoms with Crippen LogP contribution in [0, 0.1) is 48.4 Å². The summed E-state index contributed by atoms with van der Waals surface area (Å²) in [6.45, 7) is 15.3. The highest BCUT2D eigenvalue weighted by atomic mass is 16.5. The van der Waals surface area contributed by atoms with E-state index in [1.807, 2.05) is 48.5 Å². The van der Waals surface area contributed by atoms with Gasteiger partial charge in [-0.25, -0.2) is 0 Å². The van der Waals surface area contributed by atoms with Gasteiger partial charge in [-0.1, -0.05) is 49.7 Å². The molecule has 4 aromatic rings. The van der Waals surface area contributed by atoms with Crippen LogP contribution in [0.2, 0.25) is 0 Å². The van der Waals surface area contributed by atoms with Crippen molar-refractivity contribution in [3.05, 3.63) is 118 Å². The van der Waals surface area contributed by atoms with Crippen LogP contribution in [0.4, 0.5) is 0 Å². The van der Waals surface area contributed by atoms with Crippen molar-refractivity contribution in [1.29, 1.82) is 0 Å². The summed E-state index contributed by atoms with van der Waals surface area (Å²) < 4.78 is 33.7. The Morgan fingerprint density at radius 3 is 1.20 bits per heavy atom. The van der Waals surface area contributed by atoms with Crippen LogP contribution in [0.25, 0.3) is 11.1 Å². The first kappa shape index (κ1) is 35.3. The minimum absolute atomic E-state index is 0.160. The Labute approximate surface area is 297 Å². The SMILES string of the molecule is Cc1cc(C#Cc2ccc(OCCOCC3(C)COC3)cc2)ccc1-c1ccc(C#Cc2ccc(OCCOCC3(C)COC3)cc2)cc1C. The molecule has 0 atom stereocenters. The van der Waals surface area contributed by atoms with Gasteiger partial charge in [0.15, 0.2) is 0 Å². The van der Waals surface area contributed by atoms with Crippen LogP contribution in [0.5, 0.6) is 11.5 Å². The van der Waals surface area contributed by atoms with Crippen molar-refractivity contribution in [3.8, 4) is 46.3 Å². The second-order valence-electron chi connectivity index (χ2n) is 14.0. The summed E-state index contributed by atoms with van der Waals surface area (Å²) in [5, 5.41) is 0. The second-order valence-corrected chi connectivity index (χ2v) is 14.0. The van der Waals surface area contributed by atoms with Gasteiger partial charge in [-0.3, -0.25) is 0 Å². The molecule has 6 nitrogen and oxygen atoms in total. The van der Waals surface area contributed by atoms with Gasteiger partial charge in [0.05, 0.1) is 52.9 Å². The molecular weight excluding hydrogens is 624 g/mol. The monoisotopic (exact) mass is 670 g/mol. The van der Waals surface area contributed by atoms with Gasteiger partial charge in [-0.2, -0.15) is 0 Å². The molecule has 6 rings (SSSR count). The van der Waals surface area contributed by atoms with Crippen LogP contribution in [0.3, 0.4) is 0 Å². The second kappa shape index (κ2) is 16.4. The molecule has 0 amide bonds. The number of hydrogen-bond acceptors (Lipinski definition) is 6. The van der Waals surface area contributed by atoms with E-state index in [1.54, 1.807) is 0 Å². The van der Waals surface area contributed by atoms with Crippen molar-refractivity contribution in [2.75, 3.05) is 66.1 Å². The lowest BCUT2D eigenvalue weighted by Gasteiger charge is -2.37. The average Bonchev–Trinajstić information content (AvgIpc) is 3.09. The molecule has 2 heterocycles. The molecule has 0 aliphatic carbocycles. The first-order valence-corrected chi connectivity index (χ1v) is 17.3. The summed E-state index contributed by atoms with van der Waals surface area (Å²) in [6.07, 6.45) is 0. The van der Waals surface area contributed by atoms with Gasteiger partial charge in [0.1, 0.15) is 24.7 Å². The Morgan fingerprint density at radius 2 is 0.860 bits per heavy atom. The Kier molecular flexibility index (Phi) is 11.6. The maximum absolute atomic E-state index is 5.82. The zero-order valence-corrected chi connectivity index (χ0v) is 29.6. The maximum atomic E-state index is 5.82. The van der Waals surface area contributed by atoms with Gasteiger partial charge >= 0.3 is 0 Å². The fourth-order valence-corrected chi connectivity index (χ4v) is 5.79. The summed E-state index contributed by atoms with van der Waals surface area (Å²) in [5.74, 6) is 14.8. The molecule has 0 saturated carbocycles. The molecule has 0 radical (unpaired) electrons. The third kappa shape index (κ3) is 9.78. The van der Waals surface area contributed by atoms with E-state index >= 15 is 0 Å². The quantitative estimate of drug-likeness (QED) is 0.108. The van der Waals surface area contributed by atoms with Gasteiger partial charge < -0.3 is 28.4 Å². The first-order valence-electron chi connectivity index (χ1n) is 17.3. The highest BCUT2D eigenvalue weighted by Crippen LogP contribution is 2.29. The summed E-state index contributed by atoms with van der Waals surface area (Å²) in [7, 11) is 0. The van der Waals surface area contributed by atoms with E-state index in [4.69, 9.17) is 28.4 Å². The topological polar surface area (TPSA) is 55.4 Å². The lowest BCUT2D eigenvalue weighted by Crippen LogP contribution is -2.43. The third-order valence-electron chi connectivity index (χ3n) is 8.85. The molecule has 0 aromatic heterocycles. The fourth-order valence-electron chi connectivity index (χ4n) is 5.79. The lowest BCUT2D eigenvalue weighted by atomic mass is 9.90. The predicted molar refractivity (Wildman–Crippen MR) is 197 cm³/mol. The zero-order chi connectivity index (χ0) is 34.8. The molecular formula is C44H46O6. The standard InChI is InChI=1S/C44H46O6/c1-33-25-37(7-5-35-9-15-39(16-10-35)49-23-21-45-27-43(3)29-47-30-43)13-19-41(33)42-20-14-38(26-34(42)2)8-6-36-11-17-40(18-12-36)50-24-22-46-28-44(4)31-48-32-44/h9-20,25-26H,21-24,27-32H2,1-4H3. The van der Waals surface area contributed by atoms with Gasteiger partial charge in [-0.15, -0.1) is 0 Å². The van der Waals surface area contributed by atoms with E-state index in [-0.39, 0.29) is 10.8 Å². The number of hydrogen-bond donors (Lipinski definition) is 0. The molecule has 2 saturated heterocycles. The Balaban J connectivity index is 0.974. The van der Waals surface area contributed by atoms with Crippen molar-refractivity contribution in [3.63, 3.8) is 0 Å². The average molecular weight is 671 g/mol. The first-order chi connectivity index (χ1) is 24.3. The Hall–Kier alpha value is -4.56. The van der Waals surface area contributed by atoms with Crippen LogP contribution < -0.4 is 9.47 Å². The molecule has 2 fully saturated rings. The van der Waals surface area contributed by atoms with Gasteiger partial charge in [0, 0.05) is 33.1 Å². The molecule has 2 aliphatic heterocycles. The van der Waals surface area contributed by atoms with Crippen LogP contribution >= 0.6 is 0 Å². The molecule has 0 N–H and O–H groups in total. The number of aryl methyl sites for hydroxylation is 2. The Morgan fingerprint density at radius 1 is 0.500 bits per heavy atom. The third-order valence-corrected chi connectivity index (χ3v) is 8.85. The van der Waals surface area contributed by atoms with Crippen LogP contribution in [-0.4, -0.2) is 66.1 Å². The van der Waals surface area contributed by atoms with Crippen molar-refractivity contribution in [2.24, 2.45) is 10.8 Å². The molecule has 0 unspecified atom stereocenters. The number of benzene rings is 4. The lowest BCUT2D eigenvalue weighted by molar-refractivity contribution is -0.139. The maximum Gasteiger partial charge on any atom is 0.119 e. The summed E-state index contributed by atoms with van der Waals surface area (Å²) in [4.78, 5) is 0. The van der Waals surface area contributed by atoms with E-state index in [2.05, 4.69) is 87.8 Å². The minimum Gasteiger partial charge on any atom is -0.491 e. The Bertz CT molecular complexity index is 1720. The van der Waals surface area contributed by atoms with Gasteiger partial charge in [0.2, 0.25) is 0 Å². The van der Waals surface area contributed by atoms with Crippen molar-refractivity contribution in [2.45, 2.75) is 27.7 Å². The van der Waals surface area contributed by atoms with Crippen molar-refractivity contribution < 1.29 is 28.4 Å². The minimum atomic E-state index is 0.160. The molecule has 0 spiro atoms. The number of rotatable bonds is 13. The zero-order valence-electron chi connectivity index (χ0n) is 29.6. The largest absolute Gasteiger partial charge is 0.491 e. The molecule has 4 aromatic carbocycles.